The minimum atomic E-state index is -0.536. The second-order valence-corrected chi connectivity index (χ2v) is 4.39. The number of hydrogen-bond acceptors (Lipinski definition) is 1. The molecule has 0 saturated carbocycles. The molecule has 0 aliphatic carbocycles. The molecule has 0 aromatic heterocycles. The van der Waals surface area contributed by atoms with Gasteiger partial charge in [0.2, 0.25) is 0 Å². The van der Waals surface area contributed by atoms with Crippen LogP contribution in [0.1, 0.15) is 5.56 Å². The fraction of sp³-hybridized carbons (Fsp3) is 0.0769. The fourth-order valence-electron chi connectivity index (χ4n) is 1.32. The minimum absolute atomic E-state index is 0.483. The van der Waals surface area contributed by atoms with E-state index in [1.165, 1.54) is 23.9 Å². The van der Waals surface area contributed by atoms with E-state index in [0.717, 1.165) is 11.0 Å². The van der Waals surface area contributed by atoms with E-state index < -0.39 is 11.6 Å². The second kappa shape index (κ2) is 5.12. The first-order valence-corrected chi connectivity index (χ1v) is 5.86. The number of halogens is 2. The van der Waals surface area contributed by atoms with Crippen LogP contribution >= 0.6 is 11.8 Å². The van der Waals surface area contributed by atoms with Gasteiger partial charge >= 0.3 is 0 Å². The Bertz CT molecular complexity index is 469. The van der Waals surface area contributed by atoms with Gasteiger partial charge in [0.15, 0.2) is 0 Å². The average molecular weight is 236 g/mol. The molecular formula is C13H10F2S. The highest BCUT2D eigenvalue weighted by Crippen LogP contribution is 2.23. The van der Waals surface area contributed by atoms with Gasteiger partial charge in [0.05, 0.1) is 0 Å². The lowest BCUT2D eigenvalue weighted by atomic mass is 10.2. The monoisotopic (exact) mass is 236 g/mol. The van der Waals surface area contributed by atoms with Crippen molar-refractivity contribution < 1.29 is 8.78 Å². The zero-order chi connectivity index (χ0) is 11.4. The van der Waals surface area contributed by atoms with Crippen molar-refractivity contribution in [2.75, 3.05) is 0 Å². The Kier molecular flexibility index (Phi) is 3.57. The van der Waals surface area contributed by atoms with Gasteiger partial charge in [0.25, 0.3) is 0 Å². The summed E-state index contributed by atoms with van der Waals surface area (Å²) in [5.41, 5.74) is 0.523. The Morgan fingerprint density at radius 3 is 2.38 bits per heavy atom. The van der Waals surface area contributed by atoms with Crippen LogP contribution in [-0.4, -0.2) is 0 Å². The summed E-state index contributed by atoms with van der Waals surface area (Å²) in [5.74, 6) is -0.509. The van der Waals surface area contributed by atoms with E-state index in [0.29, 0.717) is 11.3 Å². The molecule has 3 heteroatoms. The van der Waals surface area contributed by atoms with Crippen molar-refractivity contribution in [1.82, 2.24) is 0 Å². The van der Waals surface area contributed by atoms with E-state index in [1.54, 1.807) is 0 Å². The van der Waals surface area contributed by atoms with E-state index in [2.05, 4.69) is 0 Å². The van der Waals surface area contributed by atoms with E-state index in [9.17, 15) is 8.78 Å². The highest BCUT2D eigenvalue weighted by atomic mass is 32.2. The Hall–Kier alpha value is -1.35. The quantitative estimate of drug-likeness (QED) is 0.718. The van der Waals surface area contributed by atoms with Crippen molar-refractivity contribution in [3.63, 3.8) is 0 Å². The van der Waals surface area contributed by atoms with Crippen molar-refractivity contribution in [2.45, 2.75) is 10.6 Å². The smallest absolute Gasteiger partial charge is 0.130 e. The molecule has 0 atom stereocenters. The molecule has 0 fully saturated rings. The Balaban J connectivity index is 2.05. The van der Waals surface area contributed by atoms with Crippen LogP contribution in [0, 0.1) is 11.6 Å². The van der Waals surface area contributed by atoms with E-state index >= 15 is 0 Å². The van der Waals surface area contributed by atoms with Gasteiger partial charge in [-0.2, -0.15) is 0 Å². The van der Waals surface area contributed by atoms with Crippen molar-refractivity contribution in [2.24, 2.45) is 0 Å². The van der Waals surface area contributed by atoms with Gasteiger partial charge in [-0.1, -0.05) is 24.3 Å². The predicted molar refractivity (Wildman–Crippen MR) is 62.4 cm³/mol. The molecule has 0 heterocycles. The van der Waals surface area contributed by atoms with Crippen molar-refractivity contribution in [1.29, 1.82) is 0 Å². The number of benzene rings is 2. The maximum absolute atomic E-state index is 13.3. The topological polar surface area (TPSA) is 0 Å². The molecule has 0 aliphatic rings. The number of rotatable bonds is 3. The molecule has 2 rings (SSSR count). The normalized spacial score (nSPS) is 10.4. The molecule has 0 radical (unpaired) electrons. The molecule has 16 heavy (non-hydrogen) atoms. The third kappa shape index (κ3) is 2.83. The highest BCUT2D eigenvalue weighted by molar-refractivity contribution is 7.98. The predicted octanol–water partition coefficient (Wildman–Crippen LogP) is 4.26. The number of thioether (sulfide) groups is 1. The summed E-state index contributed by atoms with van der Waals surface area (Å²) < 4.78 is 26.0. The maximum Gasteiger partial charge on any atom is 0.130 e. The summed E-state index contributed by atoms with van der Waals surface area (Å²) in [4.78, 5) is 1.08. The van der Waals surface area contributed by atoms with E-state index in [4.69, 9.17) is 0 Å². The van der Waals surface area contributed by atoms with E-state index in [1.807, 2.05) is 30.3 Å². The van der Waals surface area contributed by atoms with Crippen LogP contribution in [0.4, 0.5) is 8.78 Å². The number of hydrogen-bond donors (Lipinski definition) is 0. The average Bonchev–Trinajstić information content (AvgIpc) is 2.29. The Morgan fingerprint density at radius 2 is 1.69 bits per heavy atom. The van der Waals surface area contributed by atoms with Crippen LogP contribution in [0.3, 0.4) is 0 Å². The first-order valence-electron chi connectivity index (χ1n) is 4.87. The van der Waals surface area contributed by atoms with Crippen LogP contribution in [0.25, 0.3) is 0 Å². The van der Waals surface area contributed by atoms with Crippen LogP contribution in [0.15, 0.2) is 53.4 Å². The summed E-state index contributed by atoms with van der Waals surface area (Å²) in [6, 6.07) is 13.4. The molecule has 0 aliphatic heterocycles. The molecular weight excluding hydrogens is 226 g/mol. The van der Waals surface area contributed by atoms with Crippen LogP contribution < -0.4 is 0 Å². The van der Waals surface area contributed by atoms with Crippen LogP contribution in [0.2, 0.25) is 0 Å². The molecule has 0 nitrogen and oxygen atoms in total. The molecule has 2 aromatic rings. The summed E-state index contributed by atoms with van der Waals surface area (Å²) in [5, 5.41) is 0. The zero-order valence-corrected chi connectivity index (χ0v) is 9.31. The van der Waals surface area contributed by atoms with Gasteiger partial charge in [-0.25, -0.2) is 8.78 Å². The minimum Gasteiger partial charge on any atom is -0.207 e. The van der Waals surface area contributed by atoms with Gasteiger partial charge in [0, 0.05) is 16.7 Å². The van der Waals surface area contributed by atoms with Crippen LogP contribution in [-0.2, 0) is 5.75 Å². The molecule has 0 unspecified atom stereocenters. The third-order valence-electron chi connectivity index (χ3n) is 2.15. The SMILES string of the molecule is Fc1ccc(CSc2ccccc2)c(F)c1. The molecule has 0 saturated heterocycles. The first-order chi connectivity index (χ1) is 7.75. The Labute approximate surface area is 97.3 Å². The zero-order valence-electron chi connectivity index (χ0n) is 8.49. The van der Waals surface area contributed by atoms with Crippen molar-refractivity contribution in [3.05, 3.63) is 65.7 Å². The molecule has 82 valence electrons. The molecule has 0 N–H and O–H groups in total. The highest BCUT2D eigenvalue weighted by Gasteiger charge is 2.04. The van der Waals surface area contributed by atoms with Gasteiger partial charge in [-0.3, -0.25) is 0 Å². The summed E-state index contributed by atoms with van der Waals surface area (Å²) in [6.07, 6.45) is 0. The van der Waals surface area contributed by atoms with E-state index in [-0.39, 0.29) is 0 Å². The standard InChI is InChI=1S/C13H10F2S/c14-11-7-6-10(13(15)8-11)9-16-12-4-2-1-3-5-12/h1-8H,9H2. The van der Waals surface area contributed by atoms with Crippen LogP contribution in [0.5, 0.6) is 0 Å². The van der Waals surface area contributed by atoms with Gasteiger partial charge in [0.1, 0.15) is 11.6 Å². The lowest BCUT2D eigenvalue weighted by molar-refractivity contribution is 0.576. The first kappa shape index (κ1) is 11.1. The van der Waals surface area contributed by atoms with Gasteiger partial charge < -0.3 is 0 Å². The molecule has 0 amide bonds. The maximum atomic E-state index is 13.3. The lowest BCUT2D eigenvalue weighted by Gasteiger charge is -2.03. The lowest BCUT2D eigenvalue weighted by Crippen LogP contribution is -1.88. The second-order valence-electron chi connectivity index (χ2n) is 3.34. The summed E-state index contributed by atoms with van der Waals surface area (Å²) in [6.45, 7) is 0. The Morgan fingerprint density at radius 1 is 0.938 bits per heavy atom. The fourth-order valence-corrected chi connectivity index (χ4v) is 2.22. The van der Waals surface area contributed by atoms with Crippen molar-refractivity contribution >= 4 is 11.8 Å². The van der Waals surface area contributed by atoms with Gasteiger partial charge in [-0.15, -0.1) is 11.8 Å². The molecule has 2 aromatic carbocycles. The molecule has 0 bridgehead atoms. The van der Waals surface area contributed by atoms with Crippen molar-refractivity contribution in [3.8, 4) is 0 Å². The molecule has 0 spiro atoms. The summed E-state index contributed by atoms with van der Waals surface area (Å²) >= 11 is 1.53. The summed E-state index contributed by atoms with van der Waals surface area (Å²) in [7, 11) is 0. The third-order valence-corrected chi connectivity index (χ3v) is 3.21. The largest absolute Gasteiger partial charge is 0.207 e. The van der Waals surface area contributed by atoms with Gasteiger partial charge in [-0.05, 0) is 23.8 Å².